The Morgan fingerprint density at radius 2 is 0.625 bits per heavy atom. The first kappa shape index (κ1) is 26.3. The molecule has 0 N–H and O–H groups in total. The zero-order valence-electron chi connectivity index (χ0n) is 25.9. The van der Waals surface area contributed by atoms with Crippen molar-refractivity contribution in [1.82, 2.24) is 0 Å². The van der Waals surface area contributed by atoms with Crippen LogP contribution in [0.15, 0.2) is 164 Å². The zero-order valence-corrected chi connectivity index (χ0v) is 26.8. The van der Waals surface area contributed by atoms with E-state index in [9.17, 15) is 0 Å². The van der Waals surface area contributed by atoms with Crippen molar-refractivity contribution in [2.45, 2.75) is 0 Å². The average Bonchev–Trinajstić information content (AvgIpc) is 3.15. The molecule has 0 aliphatic rings. The lowest BCUT2D eigenvalue weighted by Gasteiger charge is -2.26. The summed E-state index contributed by atoms with van der Waals surface area (Å²) in [6, 6.07) is 58.4. The lowest BCUT2D eigenvalue weighted by Crippen LogP contribution is -2.26. The molecule has 0 fully saturated rings. The van der Waals surface area contributed by atoms with E-state index in [1.54, 1.807) is 0 Å². The molecule has 2 heteroatoms. The maximum atomic E-state index is 17.0. The molecule has 1 nitrogen and oxygen atoms in total. The van der Waals surface area contributed by atoms with Gasteiger partial charge in [-0.2, -0.15) is 0 Å². The molecule has 0 amide bonds. The van der Waals surface area contributed by atoms with Gasteiger partial charge in [0.15, 0.2) is 7.14 Å². The normalized spacial score (nSPS) is 12.7. The number of hydrogen-bond donors (Lipinski definition) is 0. The van der Waals surface area contributed by atoms with Gasteiger partial charge in [0.2, 0.25) is 0 Å². The van der Waals surface area contributed by atoms with Crippen LogP contribution in [0.3, 0.4) is 0 Å². The predicted octanol–water partition coefficient (Wildman–Crippen LogP) is 11.4. The van der Waals surface area contributed by atoms with Gasteiger partial charge in [-0.05, 0) is 87.5 Å². The Balaban J connectivity index is 1.41. The largest absolute Gasteiger partial charge is 0.309 e. The maximum Gasteiger partial charge on any atom is 0.172 e. The Hall–Kier alpha value is -5.75. The third kappa shape index (κ3) is 3.24. The minimum absolute atomic E-state index is 0.850. The first-order chi connectivity index (χ1) is 23.7. The third-order valence-corrected chi connectivity index (χ3v) is 13.9. The van der Waals surface area contributed by atoms with Gasteiger partial charge < -0.3 is 4.57 Å². The fourth-order valence-corrected chi connectivity index (χ4v) is 11.9. The SMILES string of the molecule is O=P(c1ccccc1)(c1ccc2cccc3c4cccc5cccc(c1c23)c54)c1ccc2cccc3c4cccc5cccc(c1c23)c54. The molecule has 0 bridgehead atoms. The van der Waals surface area contributed by atoms with Crippen molar-refractivity contribution in [2.75, 3.05) is 0 Å². The summed E-state index contributed by atoms with van der Waals surface area (Å²) in [6.45, 7) is 0. The highest BCUT2D eigenvalue weighted by Gasteiger charge is 2.35. The fourth-order valence-electron chi connectivity index (χ4n) is 8.85. The lowest BCUT2D eigenvalue weighted by atomic mass is 9.90. The van der Waals surface area contributed by atoms with Gasteiger partial charge in [0, 0.05) is 26.7 Å². The van der Waals surface area contributed by atoms with Crippen molar-refractivity contribution in [3.8, 4) is 0 Å². The Kier molecular flexibility index (Phi) is 5.17. The third-order valence-electron chi connectivity index (χ3n) is 10.8. The van der Waals surface area contributed by atoms with Crippen molar-refractivity contribution in [3.63, 3.8) is 0 Å². The second-order valence-electron chi connectivity index (χ2n) is 13.1. The monoisotopic (exact) mass is 626 g/mol. The van der Waals surface area contributed by atoms with Gasteiger partial charge in [-0.1, -0.05) is 152 Å². The standard InChI is InChI=1S/C46H27OP/c47-48(32-16-2-1-3-17-32,39-26-24-30-14-6-20-35-33-18-4-10-28-12-8-22-37(41(28)33)45(39)43(30)35)40-27-25-31-15-7-21-36-34-19-5-11-29-13-9-23-38(42(29)34)46(40)44(31)36/h1-27H. The Labute approximate surface area is 276 Å². The van der Waals surface area contributed by atoms with Crippen LogP contribution in [0.4, 0.5) is 0 Å². The summed E-state index contributed by atoms with van der Waals surface area (Å²) in [5, 5.41) is 21.6. The van der Waals surface area contributed by atoms with Crippen LogP contribution in [-0.4, -0.2) is 0 Å². The molecule has 222 valence electrons. The lowest BCUT2D eigenvalue weighted by molar-refractivity contribution is 0.593. The summed E-state index contributed by atoms with van der Waals surface area (Å²) in [5.74, 6) is 0. The van der Waals surface area contributed by atoms with Crippen LogP contribution in [0.25, 0.3) is 86.2 Å². The summed E-state index contributed by atoms with van der Waals surface area (Å²) >= 11 is 0. The first-order valence-electron chi connectivity index (χ1n) is 16.5. The van der Waals surface area contributed by atoms with Crippen LogP contribution in [-0.2, 0) is 4.57 Å². The molecule has 0 heterocycles. The van der Waals surface area contributed by atoms with Crippen molar-refractivity contribution in [3.05, 3.63) is 164 Å². The molecule has 11 rings (SSSR count). The highest BCUT2D eigenvalue weighted by Crippen LogP contribution is 2.52. The van der Waals surface area contributed by atoms with Crippen molar-refractivity contribution in [1.29, 1.82) is 0 Å². The predicted molar refractivity (Wildman–Crippen MR) is 208 cm³/mol. The smallest absolute Gasteiger partial charge is 0.172 e. The summed E-state index contributed by atoms with van der Waals surface area (Å²) in [4.78, 5) is 0. The van der Waals surface area contributed by atoms with Crippen LogP contribution >= 0.6 is 7.14 Å². The second kappa shape index (κ2) is 9.41. The number of rotatable bonds is 3. The molecular formula is C46H27OP. The van der Waals surface area contributed by atoms with Gasteiger partial charge in [0.1, 0.15) is 0 Å². The maximum absolute atomic E-state index is 17.0. The molecular weight excluding hydrogens is 599 g/mol. The Bertz CT molecular complexity index is 2940. The van der Waals surface area contributed by atoms with Crippen LogP contribution in [0, 0.1) is 0 Å². The molecule has 0 spiro atoms. The molecule has 0 atom stereocenters. The van der Waals surface area contributed by atoms with Crippen LogP contribution < -0.4 is 15.9 Å². The summed E-state index contributed by atoms with van der Waals surface area (Å²) in [5.41, 5.74) is 0. The molecule has 0 unspecified atom stereocenters. The number of hydrogen-bond acceptors (Lipinski definition) is 1. The van der Waals surface area contributed by atoms with Crippen molar-refractivity contribution >= 4 is 109 Å². The fraction of sp³-hybridized carbons (Fsp3) is 0. The van der Waals surface area contributed by atoms with Crippen LogP contribution in [0.5, 0.6) is 0 Å². The zero-order chi connectivity index (χ0) is 31.6. The van der Waals surface area contributed by atoms with E-state index in [0.29, 0.717) is 0 Å². The van der Waals surface area contributed by atoms with Crippen molar-refractivity contribution in [2.24, 2.45) is 0 Å². The van der Waals surface area contributed by atoms with E-state index >= 15 is 4.57 Å². The summed E-state index contributed by atoms with van der Waals surface area (Å²) in [7, 11) is -3.50. The molecule has 11 aromatic carbocycles. The molecule has 0 radical (unpaired) electrons. The Morgan fingerprint density at radius 1 is 0.271 bits per heavy atom. The number of fused-ring (bicyclic) bond motifs is 4. The van der Waals surface area contributed by atoms with Gasteiger partial charge in [-0.15, -0.1) is 0 Å². The first-order valence-corrected chi connectivity index (χ1v) is 18.3. The van der Waals surface area contributed by atoms with Gasteiger partial charge in [0.05, 0.1) is 0 Å². The molecule has 0 saturated carbocycles. The molecule has 0 aliphatic carbocycles. The topological polar surface area (TPSA) is 17.1 Å². The van der Waals surface area contributed by atoms with Gasteiger partial charge in [-0.3, -0.25) is 0 Å². The van der Waals surface area contributed by atoms with E-state index in [2.05, 4.69) is 146 Å². The van der Waals surface area contributed by atoms with Crippen LogP contribution in [0.1, 0.15) is 0 Å². The minimum atomic E-state index is -3.50. The number of benzene rings is 11. The van der Waals surface area contributed by atoms with E-state index in [-0.39, 0.29) is 0 Å². The Morgan fingerprint density at radius 3 is 1.04 bits per heavy atom. The van der Waals surface area contributed by atoms with E-state index in [1.807, 2.05) is 18.2 Å². The van der Waals surface area contributed by atoms with Gasteiger partial charge in [0.25, 0.3) is 0 Å². The van der Waals surface area contributed by atoms with E-state index in [1.165, 1.54) is 64.6 Å². The second-order valence-corrected chi connectivity index (χ2v) is 15.8. The van der Waals surface area contributed by atoms with Crippen LogP contribution in [0.2, 0.25) is 0 Å². The van der Waals surface area contributed by atoms with E-state index in [0.717, 1.165) is 37.5 Å². The van der Waals surface area contributed by atoms with E-state index < -0.39 is 7.14 Å². The summed E-state index contributed by atoms with van der Waals surface area (Å²) in [6.07, 6.45) is 0. The highest BCUT2D eigenvalue weighted by atomic mass is 31.2. The average molecular weight is 627 g/mol. The minimum Gasteiger partial charge on any atom is -0.309 e. The van der Waals surface area contributed by atoms with Gasteiger partial charge >= 0.3 is 0 Å². The molecule has 0 aliphatic heterocycles. The highest BCUT2D eigenvalue weighted by molar-refractivity contribution is 7.86. The molecule has 0 saturated heterocycles. The molecule has 0 aromatic heterocycles. The summed E-state index contributed by atoms with van der Waals surface area (Å²) < 4.78 is 17.0. The molecule has 11 aromatic rings. The van der Waals surface area contributed by atoms with Gasteiger partial charge in [-0.25, -0.2) is 0 Å². The van der Waals surface area contributed by atoms with Crippen molar-refractivity contribution < 1.29 is 4.57 Å². The van der Waals surface area contributed by atoms with E-state index in [4.69, 9.17) is 0 Å². The molecule has 48 heavy (non-hydrogen) atoms. The quantitative estimate of drug-likeness (QED) is 0.108.